The van der Waals surface area contributed by atoms with Crippen molar-refractivity contribution in [1.82, 2.24) is 9.97 Å². The highest BCUT2D eigenvalue weighted by atomic mass is 35.5. The van der Waals surface area contributed by atoms with Gasteiger partial charge in [0.05, 0.1) is 36.4 Å². The van der Waals surface area contributed by atoms with Gasteiger partial charge >= 0.3 is 12.4 Å². The van der Waals surface area contributed by atoms with Crippen molar-refractivity contribution in [2.75, 3.05) is 23.3 Å². The molecule has 0 spiro atoms. The number of hydrazone groups is 2. The summed E-state index contributed by atoms with van der Waals surface area (Å²) in [5.41, 5.74) is 3.77. The molecule has 4 aromatic rings. The third-order valence-corrected chi connectivity index (χ3v) is 6.18. The molecule has 0 amide bonds. The van der Waals surface area contributed by atoms with Crippen LogP contribution in [0.4, 0.5) is 49.6 Å². The van der Waals surface area contributed by atoms with Gasteiger partial charge in [0.25, 0.3) is 0 Å². The van der Waals surface area contributed by atoms with E-state index in [0.29, 0.717) is 11.4 Å². The summed E-state index contributed by atoms with van der Waals surface area (Å²) in [6.07, 6.45) is -7.02. The lowest BCUT2D eigenvalue weighted by Crippen LogP contribution is -2.06. The number of hydrogen-bond acceptors (Lipinski definition) is 8. The largest absolute Gasteiger partial charge is 0.495 e. The van der Waals surface area contributed by atoms with E-state index < -0.39 is 23.5 Å². The second-order valence-corrected chi connectivity index (χ2v) is 9.31. The summed E-state index contributed by atoms with van der Waals surface area (Å²) >= 11 is 12.0. The first-order valence-electron chi connectivity index (χ1n) is 11.9. The van der Waals surface area contributed by atoms with Crippen molar-refractivity contribution in [3.05, 3.63) is 99.0 Å². The third kappa shape index (κ3) is 8.49. The fraction of sp³-hybridized carbons (Fsp3) is 0.111. The van der Waals surface area contributed by atoms with Crippen LogP contribution in [0.3, 0.4) is 0 Å². The fourth-order valence-electron chi connectivity index (χ4n) is 3.47. The van der Waals surface area contributed by atoms with Crippen LogP contribution >= 0.6 is 23.2 Å². The molecule has 1 aromatic heterocycles. The molecule has 4 rings (SSSR count). The van der Waals surface area contributed by atoms with Crippen LogP contribution in [-0.4, -0.2) is 29.5 Å². The van der Waals surface area contributed by atoms with Gasteiger partial charge < -0.3 is 10.1 Å². The predicted molar refractivity (Wildman–Crippen MR) is 154 cm³/mol. The van der Waals surface area contributed by atoms with Crippen molar-refractivity contribution in [3.8, 4) is 5.75 Å². The number of hydrogen-bond donors (Lipinski definition) is 3. The van der Waals surface area contributed by atoms with Gasteiger partial charge in [-0.25, -0.2) is 5.43 Å². The van der Waals surface area contributed by atoms with Crippen molar-refractivity contribution < 1.29 is 31.1 Å². The molecule has 0 fully saturated rings. The van der Waals surface area contributed by atoms with Crippen LogP contribution in [-0.2, 0) is 12.4 Å². The Morgan fingerprint density at radius 2 is 1.26 bits per heavy atom. The molecule has 0 saturated carbocycles. The Labute approximate surface area is 250 Å². The van der Waals surface area contributed by atoms with Crippen molar-refractivity contribution in [2.24, 2.45) is 10.2 Å². The van der Waals surface area contributed by atoms with Crippen LogP contribution in [0.5, 0.6) is 5.75 Å². The topological polar surface area (TPSA) is 95.8 Å². The number of halogens is 8. The minimum Gasteiger partial charge on any atom is -0.495 e. The number of nitrogens with zero attached hydrogens (tertiary/aromatic N) is 4. The van der Waals surface area contributed by atoms with Crippen molar-refractivity contribution in [3.63, 3.8) is 0 Å². The normalized spacial score (nSPS) is 12.1. The lowest BCUT2D eigenvalue weighted by Gasteiger charge is -2.12. The molecule has 0 saturated heterocycles. The predicted octanol–water partition coefficient (Wildman–Crippen LogP) is 8.47. The Morgan fingerprint density at radius 3 is 1.81 bits per heavy atom. The maximum Gasteiger partial charge on any atom is 0.416 e. The smallest absolute Gasteiger partial charge is 0.416 e. The summed E-state index contributed by atoms with van der Waals surface area (Å²) in [7, 11) is 1.47. The van der Waals surface area contributed by atoms with Gasteiger partial charge in [0.15, 0.2) is 5.82 Å². The van der Waals surface area contributed by atoms with Crippen LogP contribution in [0.25, 0.3) is 0 Å². The third-order valence-electron chi connectivity index (χ3n) is 5.49. The van der Waals surface area contributed by atoms with E-state index in [1.807, 2.05) is 0 Å². The highest BCUT2D eigenvalue weighted by Crippen LogP contribution is 2.33. The zero-order valence-corrected chi connectivity index (χ0v) is 23.2. The molecule has 3 aromatic carbocycles. The maximum atomic E-state index is 13.1. The molecular weight excluding hydrogens is 623 g/mol. The number of methoxy groups -OCH3 is 1. The van der Waals surface area contributed by atoms with E-state index in [9.17, 15) is 26.3 Å². The van der Waals surface area contributed by atoms with E-state index in [1.54, 1.807) is 24.3 Å². The average molecular weight is 642 g/mol. The molecule has 1 heterocycles. The molecule has 0 aliphatic heterocycles. The summed E-state index contributed by atoms with van der Waals surface area (Å²) in [5, 5.41) is 10.9. The SMILES string of the molecule is COc1ccccc1Nc1cc(NN=Cc2cc(C(F)(F)F)ccc2Cl)nc(NN=Cc2cc(C(F)(F)F)ccc2Cl)n1. The van der Waals surface area contributed by atoms with Crippen molar-refractivity contribution >= 4 is 58.9 Å². The van der Waals surface area contributed by atoms with Gasteiger partial charge in [-0.15, -0.1) is 0 Å². The Hall–Kier alpha value is -4.56. The summed E-state index contributed by atoms with van der Waals surface area (Å²) in [4.78, 5) is 8.46. The first-order chi connectivity index (χ1) is 20.3. The van der Waals surface area contributed by atoms with Crippen LogP contribution in [0, 0.1) is 0 Å². The van der Waals surface area contributed by atoms with Gasteiger partial charge in [-0.1, -0.05) is 35.3 Å². The minimum atomic E-state index is -4.58. The molecule has 0 unspecified atom stereocenters. The summed E-state index contributed by atoms with van der Waals surface area (Å²) < 4.78 is 83.9. The van der Waals surface area contributed by atoms with Gasteiger partial charge in [0, 0.05) is 27.2 Å². The van der Waals surface area contributed by atoms with Crippen LogP contribution in [0.2, 0.25) is 10.0 Å². The second kappa shape index (κ2) is 13.2. The van der Waals surface area contributed by atoms with Gasteiger partial charge in [0.2, 0.25) is 5.95 Å². The Bertz CT molecular complexity index is 1570. The Balaban J connectivity index is 1.62. The van der Waals surface area contributed by atoms with E-state index in [-0.39, 0.29) is 38.8 Å². The highest BCUT2D eigenvalue weighted by Gasteiger charge is 2.31. The Morgan fingerprint density at radius 1 is 0.721 bits per heavy atom. The monoisotopic (exact) mass is 641 g/mol. The zero-order chi connectivity index (χ0) is 31.2. The number of benzene rings is 3. The van der Waals surface area contributed by atoms with Crippen molar-refractivity contribution in [2.45, 2.75) is 12.4 Å². The van der Waals surface area contributed by atoms with Crippen LogP contribution in [0.15, 0.2) is 76.9 Å². The number of para-hydroxylation sites is 2. The first-order valence-corrected chi connectivity index (χ1v) is 12.7. The van der Waals surface area contributed by atoms with Crippen molar-refractivity contribution in [1.29, 1.82) is 0 Å². The molecule has 8 nitrogen and oxygen atoms in total. The number of rotatable bonds is 9. The van der Waals surface area contributed by atoms with E-state index in [2.05, 4.69) is 36.3 Å². The molecule has 16 heteroatoms. The van der Waals surface area contributed by atoms with Gasteiger partial charge in [-0.2, -0.15) is 46.5 Å². The molecule has 0 aliphatic carbocycles. The number of ether oxygens (including phenoxy) is 1. The molecule has 0 bridgehead atoms. The van der Waals surface area contributed by atoms with E-state index in [4.69, 9.17) is 27.9 Å². The van der Waals surface area contributed by atoms with Gasteiger partial charge in [-0.3, -0.25) is 5.43 Å². The molecule has 3 N–H and O–H groups in total. The number of anilines is 4. The molecule has 0 radical (unpaired) electrons. The van der Waals surface area contributed by atoms with Crippen LogP contribution < -0.4 is 20.9 Å². The zero-order valence-electron chi connectivity index (χ0n) is 21.7. The molecule has 0 atom stereocenters. The summed E-state index contributed by atoms with van der Waals surface area (Å²) in [5.74, 6) is 0.610. The lowest BCUT2D eigenvalue weighted by molar-refractivity contribution is -0.138. The second-order valence-electron chi connectivity index (χ2n) is 8.50. The molecule has 224 valence electrons. The van der Waals surface area contributed by atoms with Gasteiger partial charge in [0.1, 0.15) is 11.6 Å². The van der Waals surface area contributed by atoms with E-state index >= 15 is 0 Å². The fourth-order valence-corrected chi connectivity index (χ4v) is 3.80. The van der Waals surface area contributed by atoms with Gasteiger partial charge in [-0.05, 0) is 48.5 Å². The van der Waals surface area contributed by atoms with E-state index in [1.165, 1.54) is 13.2 Å². The lowest BCUT2D eigenvalue weighted by atomic mass is 10.1. The molecule has 0 aliphatic rings. The first kappa shape index (κ1) is 31.4. The molecular formula is C27H19Cl2F6N7O. The standard InChI is InChI=1S/C27H19Cl2F6N7O/c1-43-22-5-3-2-4-21(22)38-23-12-24(41-36-13-15-10-17(26(30,31)32)6-8-19(15)28)40-25(39-23)42-37-14-16-11-18(27(33,34)35)7-9-20(16)29/h2-14H,1H3,(H3,38,39,40,41,42). The summed E-state index contributed by atoms with van der Waals surface area (Å²) in [6.45, 7) is 0. The number of alkyl halides is 6. The number of aromatic nitrogens is 2. The average Bonchev–Trinajstić information content (AvgIpc) is 2.94. The molecule has 43 heavy (non-hydrogen) atoms. The quantitative estimate of drug-likeness (QED) is 0.0964. The highest BCUT2D eigenvalue weighted by molar-refractivity contribution is 6.33. The minimum absolute atomic E-state index is 0.00803. The van der Waals surface area contributed by atoms with Crippen LogP contribution in [0.1, 0.15) is 22.3 Å². The Kier molecular flexibility index (Phi) is 9.61. The maximum absolute atomic E-state index is 13.1. The summed E-state index contributed by atoms with van der Waals surface area (Å²) in [6, 6.07) is 13.9. The number of nitrogens with one attached hydrogen (secondary N) is 3. The van der Waals surface area contributed by atoms with E-state index in [0.717, 1.165) is 48.8 Å².